The van der Waals surface area contributed by atoms with Crippen molar-refractivity contribution in [3.05, 3.63) is 29.6 Å². The number of rotatable bonds is 6. The van der Waals surface area contributed by atoms with Gasteiger partial charge in [0.1, 0.15) is 0 Å². The standard InChI is InChI=1S/C16H26FN3O/c1-13(10-18)11-19-5-7-20(8-6-19)12-14-3-4-16(21-2)15(17)9-14/h3-4,9,13H,5-8,10-12,18H2,1-2H3. The molecule has 2 rings (SSSR count). The lowest BCUT2D eigenvalue weighted by Crippen LogP contribution is -2.47. The highest BCUT2D eigenvalue weighted by atomic mass is 19.1. The second-order valence-electron chi connectivity index (χ2n) is 5.89. The number of benzene rings is 1. The Morgan fingerprint density at radius 1 is 1.24 bits per heavy atom. The topological polar surface area (TPSA) is 41.7 Å². The van der Waals surface area contributed by atoms with Gasteiger partial charge in [-0.05, 0) is 30.2 Å². The van der Waals surface area contributed by atoms with Crippen LogP contribution in [0.15, 0.2) is 18.2 Å². The Kier molecular flexibility index (Phi) is 5.96. The van der Waals surface area contributed by atoms with E-state index in [0.29, 0.717) is 11.7 Å². The molecule has 21 heavy (non-hydrogen) atoms. The Morgan fingerprint density at radius 2 is 1.90 bits per heavy atom. The van der Waals surface area contributed by atoms with E-state index in [4.69, 9.17) is 10.5 Å². The maximum Gasteiger partial charge on any atom is 0.165 e. The zero-order valence-electron chi connectivity index (χ0n) is 13.0. The molecule has 5 heteroatoms. The number of ether oxygens (including phenoxy) is 1. The molecular formula is C16H26FN3O. The van der Waals surface area contributed by atoms with Crippen LogP contribution in [0.2, 0.25) is 0 Å². The normalized spacial score (nSPS) is 18.7. The molecule has 0 aliphatic carbocycles. The van der Waals surface area contributed by atoms with E-state index in [2.05, 4.69) is 16.7 Å². The minimum Gasteiger partial charge on any atom is -0.494 e. The fourth-order valence-corrected chi connectivity index (χ4v) is 2.71. The summed E-state index contributed by atoms with van der Waals surface area (Å²) in [6.07, 6.45) is 0. The lowest BCUT2D eigenvalue weighted by atomic mass is 10.1. The summed E-state index contributed by atoms with van der Waals surface area (Å²) in [6.45, 7) is 8.95. The SMILES string of the molecule is COc1ccc(CN2CCN(CC(C)CN)CC2)cc1F. The molecule has 1 aromatic rings. The van der Waals surface area contributed by atoms with E-state index in [0.717, 1.165) is 51.4 Å². The van der Waals surface area contributed by atoms with Crippen LogP contribution < -0.4 is 10.5 Å². The molecular weight excluding hydrogens is 269 g/mol. The molecule has 1 fully saturated rings. The Morgan fingerprint density at radius 3 is 2.48 bits per heavy atom. The molecule has 2 N–H and O–H groups in total. The smallest absolute Gasteiger partial charge is 0.165 e. The lowest BCUT2D eigenvalue weighted by molar-refractivity contribution is 0.116. The lowest BCUT2D eigenvalue weighted by Gasteiger charge is -2.35. The fraction of sp³-hybridized carbons (Fsp3) is 0.625. The number of hydrogen-bond donors (Lipinski definition) is 1. The molecule has 1 saturated heterocycles. The van der Waals surface area contributed by atoms with Gasteiger partial charge >= 0.3 is 0 Å². The molecule has 1 heterocycles. The van der Waals surface area contributed by atoms with Crippen molar-refractivity contribution in [1.29, 1.82) is 0 Å². The highest BCUT2D eigenvalue weighted by Gasteiger charge is 2.18. The molecule has 0 aromatic heterocycles. The van der Waals surface area contributed by atoms with Gasteiger partial charge in [-0.2, -0.15) is 0 Å². The van der Waals surface area contributed by atoms with Crippen molar-refractivity contribution < 1.29 is 9.13 Å². The third-order valence-corrected chi connectivity index (χ3v) is 4.06. The highest BCUT2D eigenvalue weighted by molar-refractivity contribution is 5.29. The second-order valence-corrected chi connectivity index (χ2v) is 5.89. The Balaban J connectivity index is 1.82. The molecule has 118 valence electrons. The van der Waals surface area contributed by atoms with Gasteiger partial charge in [0.05, 0.1) is 7.11 Å². The van der Waals surface area contributed by atoms with Gasteiger partial charge in [0.25, 0.3) is 0 Å². The minimum absolute atomic E-state index is 0.287. The number of piperazine rings is 1. The van der Waals surface area contributed by atoms with E-state index in [1.54, 1.807) is 12.1 Å². The van der Waals surface area contributed by atoms with Crippen LogP contribution in [-0.2, 0) is 6.54 Å². The third-order valence-electron chi connectivity index (χ3n) is 4.06. The summed E-state index contributed by atoms with van der Waals surface area (Å²) in [5.74, 6) is 0.567. The number of methoxy groups -OCH3 is 1. The molecule has 1 atom stereocenters. The first kappa shape index (κ1) is 16.2. The van der Waals surface area contributed by atoms with Gasteiger partial charge in [0, 0.05) is 39.3 Å². The van der Waals surface area contributed by atoms with Crippen LogP contribution in [0.25, 0.3) is 0 Å². The summed E-state index contributed by atoms with van der Waals surface area (Å²) in [4.78, 5) is 4.83. The monoisotopic (exact) mass is 295 g/mol. The van der Waals surface area contributed by atoms with Crippen LogP contribution in [0.5, 0.6) is 5.75 Å². The average molecular weight is 295 g/mol. The van der Waals surface area contributed by atoms with Gasteiger partial charge in [-0.3, -0.25) is 4.90 Å². The molecule has 1 aromatic carbocycles. The predicted molar refractivity (Wildman–Crippen MR) is 82.9 cm³/mol. The van der Waals surface area contributed by atoms with Crippen molar-refractivity contribution in [2.75, 3.05) is 46.4 Å². The van der Waals surface area contributed by atoms with Gasteiger partial charge in [-0.15, -0.1) is 0 Å². The quantitative estimate of drug-likeness (QED) is 0.864. The molecule has 1 aliphatic rings. The van der Waals surface area contributed by atoms with E-state index in [1.807, 2.05) is 6.07 Å². The van der Waals surface area contributed by atoms with Gasteiger partial charge in [0.2, 0.25) is 0 Å². The maximum atomic E-state index is 13.7. The molecule has 0 amide bonds. The summed E-state index contributed by atoms with van der Waals surface area (Å²) in [5.41, 5.74) is 6.67. The zero-order chi connectivity index (χ0) is 15.2. The molecule has 1 unspecified atom stereocenters. The van der Waals surface area contributed by atoms with E-state index in [-0.39, 0.29) is 5.82 Å². The minimum atomic E-state index is -0.287. The second kappa shape index (κ2) is 7.73. The van der Waals surface area contributed by atoms with Crippen LogP contribution in [0.3, 0.4) is 0 Å². The summed E-state index contributed by atoms with van der Waals surface area (Å²) in [5, 5.41) is 0. The number of nitrogens with zero attached hydrogens (tertiary/aromatic N) is 2. The van der Waals surface area contributed by atoms with Crippen LogP contribution in [0.4, 0.5) is 4.39 Å². The Bertz CT molecular complexity index is 447. The van der Waals surface area contributed by atoms with E-state index < -0.39 is 0 Å². The first-order valence-electron chi connectivity index (χ1n) is 7.59. The molecule has 0 bridgehead atoms. The summed E-state index contributed by atoms with van der Waals surface area (Å²) in [7, 11) is 1.49. The van der Waals surface area contributed by atoms with Crippen molar-refractivity contribution in [2.24, 2.45) is 11.7 Å². The largest absolute Gasteiger partial charge is 0.494 e. The van der Waals surface area contributed by atoms with Crippen LogP contribution in [0.1, 0.15) is 12.5 Å². The molecule has 0 spiro atoms. The fourth-order valence-electron chi connectivity index (χ4n) is 2.71. The highest BCUT2D eigenvalue weighted by Crippen LogP contribution is 2.19. The first-order chi connectivity index (χ1) is 10.1. The average Bonchev–Trinajstić information content (AvgIpc) is 2.49. The predicted octanol–water partition coefficient (Wildman–Crippen LogP) is 1.55. The van der Waals surface area contributed by atoms with Crippen molar-refractivity contribution in [3.8, 4) is 5.75 Å². The van der Waals surface area contributed by atoms with Gasteiger partial charge in [0.15, 0.2) is 11.6 Å². The van der Waals surface area contributed by atoms with Crippen LogP contribution in [0, 0.1) is 11.7 Å². The van der Waals surface area contributed by atoms with Crippen molar-refractivity contribution in [3.63, 3.8) is 0 Å². The molecule has 0 radical (unpaired) electrons. The Hall–Kier alpha value is -1.17. The molecule has 4 nitrogen and oxygen atoms in total. The van der Waals surface area contributed by atoms with E-state index in [1.165, 1.54) is 7.11 Å². The zero-order valence-corrected chi connectivity index (χ0v) is 13.0. The summed E-state index contributed by atoms with van der Waals surface area (Å²) in [6, 6.07) is 5.20. The van der Waals surface area contributed by atoms with Gasteiger partial charge in [-0.25, -0.2) is 4.39 Å². The number of halogens is 1. The van der Waals surface area contributed by atoms with Crippen molar-refractivity contribution in [2.45, 2.75) is 13.5 Å². The van der Waals surface area contributed by atoms with E-state index in [9.17, 15) is 4.39 Å². The summed E-state index contributed by atoms with van der Waals surface area (Å²) >= 11 is 0. The first-order valence-corrected chi connectivity index (χ1v) is 7.59. The van der Waals surface area contributed by atoms with Gasteiger partial charge in [-0.1, -0.05) is 13.0 Å². The van der Waals surface area contributed by atoms with Crippen molar-refractivity contribution >= 4 is 0 Å². The Labute approximate surface area is 126 Å². The molecule has 1 aliphatic heterocycles. The summed E-state index contributed by atoms with van der Waals surface area (Å²) < 4.78 is 18.6. The number of hydrogen-bond acceptors (Lipinski definition) is 4. The van der Waals surface area contributed by atoms with Gasteiger partial charge < -0.3 is 15.4 Å². The van der Waals surface area contributed by atoms with Crippen LogP contribution >= 0.6 is 0 Å². The van der Waals surface area contributed by atoms with E-state index >= 15 is 0 Å². The molecule has 0 saturated carbocycles. The maximum absolute atomic E-state index is 13.7. The third kappa shape index (κ3) is 4.66. The van der Waals surface area contributed by atoms with Crippen LogP contribution in [-0.4, -0.2) is 56.2 Å². The van der Waals surface area contributed by atoms with Crippen molar-refractivity contribution in [1.82, 2.24) is 9.80 Å². The number of nitrogens with two attached hydrogens (primary N) is 1.